The second-order valence-corrected chi connectivity index (χ2v) is 5.08. The number of hydrogen-bond donors (Lipinski definition) is 1. The third-order valence-corrected chi connectivity index (χ3v) is 3.38. The zero-order chi connectivity index (χ0) is 14.5. The molecule has 2 aromatic rings. The maximum absolute atomic E-state index is 11.1. The molecule has 0 aliphatic carbocycles. The highest BCUT2D eigenvalue weighted by molar-refractivity contribution is 9.10. The second kappa shape index (κ2) is 6.47. The van der Waals surface area contributed by atoms with Gasteiger partial charge in [0.25, 0.3) is 0 Å². The van der Waals surface area contributed by atoms with Crippen LogP contribution >= 0.6 is 15.9 Å². The van der Waals surface area contributed by atoms with E-state index >= 15 is 0 Å². The molecule has 0 radical (unpaired) electrons. The predicted molar refractivity (Wildman–Crippen MR) is 76.8 cm³/mol. The van der Waals surface area contributed by atoms with Crippen LogP contribution in [0.5, 0.6) is 5.75 Å². The SMILES string of the molecule is COc1ccc(Br)cc1C(CC(=O)O)c1cnccn1. The first-order valence-corrected chi connectivity index (χ1v) is 6.72. The lowest BCUT2D eigenvalue weighted by Crippen LogP contribution is -2.11. The van der Waals surface area contributed by atoms with Crippen molar-refractivity contribution in [3.05, 3.63) is 52.5 Å². The molecular formula is C14H13BrN2O3. The van der Waals surface area contributed by atoms with E-state index < -0.39 is 11.9 Å². The zero-order valence-corrected chi connectivity index (χ0v) is 12.4. The predicted octanol–water partition coefficient (Wildman–Crippen LogP) is 2.85. The van der Waals surface area contributed by atoms with Gasteiger partial charge in [-0.05, 0) is 18.2 Å². The summed E-state index contributed by atoms with van der Waals surface area (Å²) in [7, 11) is 1.56. The molecule has 1 unspecified atom stereocenters. The summed E-state index contributed by atoms with van der Waals surface area (Å²) in [5.74, 6) is -0.679. The summed E-state index contributed by atoms with van der Waals surface area (Å²) in [6.45, 7) is 0. The van der Waals surface area contributed by atoms with Gasteiger partial charge >= 0.3 is 5.97 Å². The van der Waals surface area contributed by atoms with Gasteiger partial charge in [0.1, 0.15) is 5.75 Å². The molecule has 0 fully saturated rings. The van der Waals surface area contributed by atoms with Crippen molar-refractivity contribution in [1.82, 2.24) is 9.97 Å². The number of halogens is 1. The molecule has 20 heavy (non-hydrogen) atoms. The molecule has 1 aromatic carbocycles. The maximum atomic E-state index is 11.1. The van der Waals surface area contributed by atoms with Gasteiger partial charge in [-0.15, -0.1) is 0 Å². The highest BCUT2D eigenvalue weighted by atomic mass is 79.9. The molecule has 5 nitrogen and oxygen atoms in total. The van der Waals surface area contributed by atoms with E-state index in [1.807, 2.05) is 12.1 Å². The fraction of sp³-hybridized carbons (Fsp3) is 0.214. The highest BCUT2D eigenvalue weighted by Crippen LogP contribution is 2.35. The number of rotatable bonds is 5. The first kappa shape index (κ1) is 14.5. The van der Waals surface area contributed by atoms with Gasteiger partial charge in [0.05, 0.1) is 19.2 Å². The smallest absolute Gasteiger partial charge is 0.304 e. The molecule has 1 aromatic heterocycles. The number of methoxy groups -OCH3 is 1. The lowest BCUT2D eigenvalue weighted by atomic mass is 9.92. The summed E-state index contributed by atoms with van der Waals surface area (Å²) in [5, 5.41) is 9.14. The number of ether oxygens (including phenoxy) is 1. The van der Waals surface area contributed by atoms with Crippen molar-refractivity contribution in [2.24, 2.45) is 0 Å². The first-order valence-electron chi connectivity index (χ1n) is 5.93. The maximum Gasteiger partial charge on any atom is 0.304 e. The Hall–Kier alpha value is -1.95. The molecule has 0 amide bonds. The van der Waals surface area contributed by atoms with Crippen LogP contribution in [0.3, 0.4) is 0 Å². The van der Waals surface area contributed by atoms with Gasteiger partial charge in [0.2, 0.25) is 0 Å². The summed E-state index contributed by atoms with van der Waals surface area (Å²) < 4.78 is 6.18. The van der Waals surface area contributed by atoms with Crippen molar-refractivity contribution in [1.29, 1.82) is 0 Å². The van der Waals surface area contributed by atoms with Gasteiger partial charge in [-0.25, -0.2) is 0 Å². The fourth-order valence-electron chi connectivity index (χ4n) is 2.02. The number of carboxylic acids is 1. The Balaban J connectivity index is 2.51. The minimum atomic E-state index is -0.900. The number of carbonyl (C=O) groups is 1. The normalized spacial score (nSPS) is 11.9. The Morgan fingerprint density at radius 1 is 1.45 bits per heavy atom. The molecule has 104 valence electrons. The van der Waals surface area contributed by atoms with Crippen LogP contribution in [0.1, 0.15) is 23.6 Å². The van der Waals surface area contributed by atoms with Gasteiger partial charge < -0.3 is 9.84 Å². The van der Waals surface area contributed by atoms with Crippen LogP contribution in [0, 0.1) is 0 Å². The topological polar surface area (TPSA) is 72.3 Å². The standard InChI is InChI=1S/C14H13BrN2O3/c1-20-13-3-2-9(15)6-11(13)10(7-14(18)19)12-8-16-4-5-17-12/h2-6,8,10H,7H2,1H3,(H,18,19). The molecule has 0 saturated heterocycles. The monoisotopic (exact) mass is 336 g/mol. The van der Waals surface area contributed by atoms with Crippen LogP contribution < -0.4 is 4.74 Å². The lowest BCUT2D eigenvalue weighted by molar-refractivity contribution is -0.137. The molecule has 1 heterocycles. The molecule has 1 atom stereocenters. The van der Waals surface area contributed by atoms with Crippen LogP contribution in [0.15, 0.2) is 41.3 Å². The molecule has 1 N–H and O–H groups in total. The Kier molecular flexibility index (Phi) is 4.68. The van der Waals surface area contributed by atoms with Gasteiger partial charge in [0, 0.05) is 34.5 Å². The number of aliphatic carboxylic acids is 1. The van der Waals surface area contributed by atoms with E-state index in [0.717, 1.165) is 10.0 Å². The molecule has 6 heteroatoms. The van der Waals surface area contributed by atoms with E-state index in [1.54, 1.807) is 31.8 Å². The average Bonchev–Trinajstić information content (AvgIpc) is 2.45. The Morgan fingerprint density at radius 2 is 2.25 bits per heavy atom. The van der Waals surface area contributed by atoms with E-state index in [0.29, 0.717) is 11.4 Å². The number of benzene rings is 1. The van der Waals surface area contributed by atoms with E-state index in [9.17, 15) is 4.79 Å². The molecule has 0 bridgehead atoms. The van der Waals surface area contributed by atoms with Crippen LogP contribution in [0.2, 0.25) is 0 Å². The molecular weight excluding hydrogens is 324 g/mol. The zero-order valence-electron chi connectivity index (χ0n) is 10.8. The number of nitrogens with zero attached hydrogens (tertiary/aromatic N) is 2. The van der Waals surface area contributed by atoms with Crippen molar-refractivity contribution in [3.63, 3.8) is 0 Å². The quantitative estimate of drug-likeness (QED) is 0.908. The molecule has 0 aliphatic heterocycles. The summed E-state index contributed by atoms with van der Waals surface area (Å²) in [4.78, 5) is 19.4. The van der Waals surface area contributed by atoms with Gasteiger partial charge in [-0.3, -0.25) is 14.8 Å². The minimum absolute atomic E-state index is 0.0779. The highest BCUT2D eigenvalue weighted by Gasteiger charge is 2.23. The summed E-state index contributed by atoms with van der Waals surface area (Å²) in [5.41, 5.74) is 1.37. The minimum Gasteiger partial charge on any atom is -0.496 e. The van der Waals surface area contributed by atoms with Gasteiger partial charge in [-0.1, -0.05) is 15.9 Å². The Morgan fingerprint density at radius 3 is 2.85 bits per heavy atom. The van der Waals surface area contributed by atoms with E-state index in [1.165, 1.54) is 0 Å². The van der Waals surface area contributed by atoms with Crippen molar-refractivity contribution < 1.29 is 14.6 Å². The van der Waals surface area contributed by atoms with E-state index in [-0.39, 0.29) is 6.42 Å². The van der Waals surface area contributed by atoms with Gasteiger partial charge in [0.15, 0.2) is 0 Å². The fourth-order valence-corrected chi connectivity index (χ4v) is 2.40. The van der Waals surface area contributed by atoms with Crippen LogP contribution in [-0.2, 0) is 4.79 Å². The summed E-state index contributed by atoms with van der Waals surface area (Å²) >= 11 is 3.39. The van der Waals surface area contributed by atoms with Crippen LogP contribution in [0.25, 0.3) is 0 Å². The van der Waals surface area contributed by atoms with Crippen molar-refractivity contribution >= 4 is 21.9 Å². The Labute approximate surface area is 124 Å². The van der Waals surface area contributed by atoms with Crippen molar-refractivity contribution in [2.45, 2.75) is 12.3 Å². The van der Waals surface area contributed by atoms with Crippen LogP contribution in [0.4, 0.5) is 0 Å². The van der Waals surface area contributed by atoms with Crippen LogP contribution in [-0.4, -0.2) is 28.2 Å². The molecule has 2 rings (SSSR count). The third kappa shape index (κ3) is 3.33. The second-order valence-electron chi connectivity index (χ2n) is 4.17. The largest absolute Gasteiger partial charge is 0.496 e. The first-order chi connectivity index (χ1) is 9.61. The number of aromatic nitrogens is 2. The van der Waals surface area contributed by atoms with Crippen molar-refractivity contribution in [3.8, 4) is 5.75 Å². The lowest BCUT2D eigenvalue weighted by Gasteiger charge is -2.18. The summed E-state index contributed by atoms with van der Waals surface area (Å²) in [6.07, 6.45) is 4.60. The Bertz CT molecular complexity index is 605. The molecule has 0 spiro atoms. The molecule has 0 saturated carbocycles. The third-order valence-electron chi connectivity index (χ3n) is 2.89. The average molecular weight is 337 g/mol. The number of carboxylic acid groups (broad SMARTS) is 1. The number of hydrogen-bond acceptors (Lipinski definition) is 4. The van der Waals surface area contributed by atoms with E-state index in [4.69, 9.17) is 9.84 Å². The van der Waals surface area contributed by atoms with Gasteiger partial charge in [-0.2, -0.15) is 0 Å². The van der Waals surface area contributed by atoms with Crippen molar-refractivity contribution in [2.75, 3.05) is 7.11 Å². The van der Waals surface area contributed by atoms with E-state index in [2.05, 4.69) is 25.9 Å². The summed E-state index contributed by atoms with van der Waals surface area (Å²) in [6, 6.07) is 5.49. The molecule has 0 aliphatic rings.